The van der Waals surface area contributed by atoms with E-state index in [4.69, 9.17) is 4.42 Å². The molecular formula is C28H21F5N4O4S. The zero-order chi connectivity index (χ0) is 30.4. The van der Waals surface area contributed by atoms with Crippen LogP contribution in [0.5, 0.6) is 5.88 Å². The van der Waals surface area contributed by atoms with Crippen LogP contribution >= 0.6 is 0 Å². The van der Waals surface area contributed by atoms with Crippen LogP contribution in [0, 0.1) is 13.8 Å². The van der Waals surface area contributed by atoms with Gasteiger partial charge in [-0.05, 0) is 54.4 Å². The molecule has 14 heteroatoms. The minimum atomic E-state index is -4.71. The molecule has 0 unspecified atom stereocenters. The number of nitrogens with zero attached hydrogens (tertiary/aromatic N) is 4. The Bertz CT molecular complexity index is 1900. The third-order valence-corrected chi connectivity index (χ3v) is 7.34. The van der Waals surface area contributed by atoms with Crippen LogP contribution in [0.25, 0.3) is 39.4 Å². The molecule has 0 aliphatic carbocycles. The van der Waals surface area contributed by atoms with Gasteiger partial charge in [0.25, 0.3) is 0 Å². The molecule has 3 heterocycles. The Morgan fingerprint density at radius 1 is 0.952 bits per heavy atom. The summed E-state index contributed by atoms with van der Waals surface area (Å²) in [5, 5.41) is 0. The number of aryl methyl sites for hydroxylation is 2. The first kappa shape index (κ1) is 28.9. The quantitative estimate of drug-likeness (QED) is 0.186. The van der Waals surface area contributed by atoms with E-state index in [2.05, 4.69) is 19.7 Å². The monoisotopic (exact) mass is 604 g/mol. The van der Waals surface area contributed by atoms with Gasteiger partial charge in [0, 0.05) is 31.1 Å². The van der Waals surface area contributed by atoms with Crippen molar-refractivity contribution in [3.63, 3.8) is 0 Å². The fourth-order valence-electron chi connectivity index (χ4n) is 4.41. The number of alkyl halides is 5. The SMILES string of the molecule is Cc1nc(-c2cc(-c3cccc(S(C)(=O)=O)c3)ccc2-n2cc(C(F)(F)F)nc2C)c(-c2cccnc2OC(F)F)o1. The van der Waals surface area contributed by atoms with E-state index in [1.54, 1.807) is 24.3 Å². The first-order chi connectivity index (χ1) is 19.7. The van der Waals surface area contributed by atoms with Gasteiger partial charge in [0.05, 0.1) is 16.1 Å². The summed E-state index contributed by atoms with van der Waals surface area (Å²) in [5.41, 5.74) is 0.453. The highest BCUT2D eigenvalue weighted by Crippen LogP contribution is 2.41. The van der Waals surface area contributed by atoms with Crippen molar-refractivity contribution in [2.45, 2.75) is 31.5 Å². The molecule has 8 nitrogen and oxygen atoms in total. The number of rotatable bonds is 7. The summed E-state index contributed by atoms with van der Waals surface area (Å²) in [5.74, 6) is -0.323. The average Bonchev–Trinajstić information content (AvgIpc) is 3.50. The molecule has 0 aliphatic rings. The molecule has 0 aliphatic heterocycles. The van der Waals surface area contributed by atoms with Crippen LogP contribution < -0.4 is 4.74 Å². The summed E-state index contributed by atoms with van der Waals surface area (Å²) < 4.78 is 103. The van der Waals surface area contributed by atoms with E-state index >= 15 is 0 Å². The lowest BCUT2D eigenvalue weighted by Gasteiger charge is -2.15. The van der Waals surface area contributed by atoms with Crippen molar-refractivity contribution in [3.05, 3.63) is 84.4 Å². The van der Waals surface area contributed by atoms with Crippen molar-refractivity contribution in [1.82, 2.24) is 19.5 Å². The van der Waals surface area contributed by atoms with Crippen LogP contribution in [0.2, 0.25) is 0 Å². The predicted octanol–water partition coefficient (Wildman–Crippen LogP) is 6.90. The van der Waals surface area contributed by atoms with Crippen molar-refractivity contribution in [2.75, 3.05) is 6.26 Å². The van der Waals surface area contributed by atoms with Crippen LogP contribution in [-0.4, -0.2) is 40.8 Å². The third-order valence-electron chi connectivity index (χ3n) is 6.23. The largest absolute Gasteiger partial charge is 0.440 e. The van der Waals surface area contributed by atoms with Gasteiger partial charge >= 0.3 is 12.8 Å². The van der Waals surface area contributed by atoms with Crippen LogP contribution in [0.4, 0.5) is 22.0 Å². The Balaban J connectivity index is 1.79. The molecule has 3 aromatic heterocycles. The van der Waals surface area contributed by atoms with E-state index in [-0.39, 0.29) is 44.9 Å². The molecule has 0 radical (unpaired) electrons. The topological polar surface area (TPSA) is 100 Å². The molecule has 0 fully saturated rings. The molecule has 0 spiro atoms. The van der Waals surface area contributed by atoms with Crippen LogP contribution in [-0.2, 0) is 16.0 Å². The van der Waals surface area contributed by atoms with Gasteiger partial charge in [0.15, 0.2) is 27.2 Å². The second-order valence-electron chi connectivity index (χ2n) is 9.22. The Hall–Kier alpha value is -4.59. The Morgan fingerprint density at radius 3 is 2.36 bits per heavy atom. The molecule has 218 valence electrons. The van der Waals surface area contributed by atoms with Crippen molar-refractivity contribution < 1.29 is 39.5 Å². The fourth-order valence-corrected chi connectivity index (χ4v) is 5.08. The Labute approximate surface area is 236 Å². The maximum absolute atomic E-state index is 13.5. The number of ether oxygens (including phenoxy) is 1. The summed E-state index contributed by atoms with van der Waals surface area (Å²) in [6.07, 6.45) is -1.56. The normalized spacial score (nSPS) is 12.2. The smallest absolute Gasteiger partial charge is 0.434 e. The Kier molecular flexibility index (Phi) is 7.35. The first-order valence-electron chi connectivity index (χ1n) is 12.2. The highest BCUT2D eigenvalue weighted by Gasteiger charge is 2.35. The van der Waals surface area contributed by atoms with Crippen molar-refractivity contribution in [2.24, 2.45) is 0 Å². The molecule has 5 aromatic rings. The summed E-state index contributed by atoms with van der Waals surface area (Å²) in [4.78, 5) is 12.0. The lowest BCUT2D eigenvalue weighted by molar-refractivity contribution is -0.141. The lowest BCUT2D eigenvalue weighted by Crippen LogP contribution is -2.05. The van der Waals surface area contributed by atoms with E-state index in [9.17, 15) is 30.4 Å². The molecular weight excluding hydrogens is 583 g/mol. The number of imidazole rings is 1. The lowest BCUT2D eigenvalue weighted by atomic mass is 9.98. The number of benzene rings is 2. The van der Waals surface area contributed by atoms with E-state index in [1.807, 2.05) is 0 Å². The molecule has 0 atom stereocenters. The Morgan fingerprint density at radius 2 is 1.69 bits per heavy atom. The van der Waals surface area contributed by atoms with Gasteiger partial charge in [0.2, 0.25) is 5.88 Å². The maximum atomic E-state index is 13.5. The summed E-state index contributed by atoms with van der Waals surface area (Å²) in [6.45, 7) is -0.283. The number of sulfone groups is 1. The highest BCUT2D eigenvalue weighted by atomic mass is 32.2. The average molecular weight is 605 g/mol. The minimum Gasteiger partial charge on any atom is -0.440 e. The number of halogens is 5. The molecule has 42 heavy (non-hydrogen) atoms. The number of aromatic nitrogens is 4. The molecule has 0 bridgehead atoms. The van der Waals surface area contributed by atoms with E-state index in [0.717, 1.165) is 12.5 Å². The number of hydrogen-bond acceptors (Lipinski definition) is 7. The number of pyridine rings is 1. The minimum absolute atomic E-state index is 0.0141. The molecule has 0 N–H and O–H groups in total. The van der Waals surface area contributed by atoms with Crippen molar-refractivity contribution in [1.29, 1.82) is 0 Å². The van der Waals surface area contributed by atoms with Gasteiger partial charge in [-0.2, -0.15) is 22.0 Å². The van der Waals surface area contributed by atoms with E-state index in [0.29, 0.717) is 11.1 Å². The summed E-state index contributed by atoms with van der Waals surface area (Å²) >= 11 is 0. The standard InChI is InChI=1S/C28H21F5N4O4S/c1-15-35-23(28(31,32)33)14-37(15)22-10-9-18(17-6-4-7-19(12-17)42(3,38)39)13-21(22)24-25(40-16(2)36-24)20-8-5-11-34-26(20)41-27(29)30/h4-14,27H,1-3H3. The highest BCUT2D eigenvalue weighted by molar-refractivity contribution is 7.90. The van der Waals surface area contributed by atoms with Crippen molar-refractivity contribution in [3.8, 4) is 45.3 Å². The predicted molar refractivity (Wildman–Crippen MR) is 142 cm³/mol. The summed E-state index contributed by atoms with van der Waals surface area (Å²) in [6, 6.07) is 13.8. The van der Waals surface area contributed by atoms with Crippen molar-refractivity contribution >= 4 is 9.84 Å². The molecule has 5 rings (SSSR count). The fraction of sp³-hybridized carbons (Fsp3) is 0.179. The summed E-state index contributed by atoms with van der Waals surface area (Å²) in [7, 11) is -3.55. The van der Waals surface area contributed by atoms with Crippen LogP contribution in [0.15, 0.2) is 76.3 Å². The van der Waals surface area contributed by atoms with Gasteiger partial charge in [-0.3, -0.25) is 0 Å². The van der Waals surface area contributed by atoms with Gasteiger partial charge in [0.1, 0.15) is 11.5 Å². The molecule has 2 aromatic carbocycles. The molecule has 0 saturated carbocycles. The van der Waals surface area contributed by atoms with E-state index < -0.39 is 34.2 Å². The second kappa shape index (κ2) is 10.7. The van der Waals surface area contributed by atoms with Crippen LogP contribution in [0.1, 0.15) is 17.4 Å². The molecule has 0 amide bonds. The second-order valence-corrected chi connectivity index (χ2v) is 11.2. The van der Waals surface area contributed by atoms with E-state index in [1.165, 1.54) is 54.9 Å². The third kappa shape index (κ3) is 5.75. The van der Waals surface area contributed by atoms with Gasteiger partial charge in [-0.25, -0.2) is 23.4 Å². The number of hydrogen-bond donors (Lipinski definition) is 0. The molecule has 0 saturated heterocycles. The zero-order valence-electron chi connectivity index (χ0n) is 22.1. The van der Waals surface area contributed by atoms with Gasteiger partial charge in [-0.15, -0.1) is 0 Å². The van der Waals surface area contributed by atoms with Gasteiger partial charge in [-0.1, -0.05) is 18.2 Å². The zero-order valence-corrected chi connectivity index (χ0v) is 23.0. The maximum Gasteiger partial charge on any atom is 0.434 e. The van der Waals surface area contributed by atoms with Crippen LogP contribution in [0.3, 0.4) is 0 Å². The van der Waals surface area contributed by atoms with Gasteiger partial charge < -0.3 is 13.7 Å². The number of oxazole rings is 1. The first-order valence-corrected chi connectivity index (χ1v) is 14.1.